The number of hydrogen-bond acceptors (Lipinski definition) is 5. The minimum absolute atomic E-state index is 0.00342. The summed E-state index contributed by atoms with van der Waals surface area (Å²) in [5.41, 5.74) is 1.70. The lowest BCUT2D eigenvalue weighted by Gasteiger charge is -2.16. The molecule has 114 valence electrons. The van der Waals surface area contributed by atoms with Gasteiger partial charge in [-0.3, -0.25) is 0 Å². The molecule has 4 nitrogen and oxygen atoms in total. The summed E-state index contributed by atoms with van der Waals surface area (Å²) in [6.07, 6.45) is 0. The highest BCUT2D eigenvalue weighted by Gasteiger charge is 2.24. The van der Waals surface area contributed by atoms with Crippen molar-refractivity contribution in [1.82, 2.24) is 4.98 Å². The minimum atomic E-state index is -0.112. The first-order valence-electron chi connectivity index (χ1n) is 6.74. The standard InChI is InChI=1S/C16H21NO3S/c1-16(2,3)14-13(9-18)21-15(17-14)11-8-10(19-4)6-7-12(11)20-5/h6-8,18H,9H2,1-5H3. The van der Waals surface area contributed by atoms with Gasteiger partial charge in [-0.15, -0.1) is 11.3 Å². The van der Waals surface area contributed by atoms with Gasteiger partial charge in [0.15, 0.2) is 0 Å². The number of rotatable bonds is 4. The summed E-state index contributed by atoms with van der Waals surface area (Å²) >= 11 is 1.49. The van der Waals surface area contributed by atoms with E-state index in [1.807, 2.05) is 18.2 Å². The van der Waals surface area contributed by atoms with E-state index in [2.05, 4.69) is 20.8 Å². The zero-order valence-electron chi connectivity index (χ0n) is 13.1. The first kappa shape index (κ1) is 15.8. The Labute approximate surface area is 129 Å². The number of aromatic nitrogens is 1. The van der Waals surface area contributed by atoms with E-state index in [1.165, 1.54) is 11.3 Å². The number of methoxy groups -OCH3 is 2. The number of benzene rings is 1. The number of hydrogen-bond donors (Lipinski definition) is 1. The molecule has 2 aromatic rings. The number of nitrogens with zero attached hydrogens (tertiary/aromatic N) is 1. The fourth-order valence-electron chi connectivity index (χ4n) is 2.14. The molecular formula is C16H21NO3S. The Balaban J connectivity index is 2.59. The Morgan fingerprint density at radius 3 is 2.38 bits per heavy atom. The molecule has 0 aliphatic carbocycles. The van der Waals surface area contributed by atoms with E-state index in [0.717, 1.165) is 32.6 Å². The molecule has 0 aliphatic heterocycles. The maximum Gasteiger partial charge on any atom is 0.129 e. The topological polar surface area (TPSA) is 51.6 Å². The smallest absolute Gasteiger partial charge is 0.129 e. The fourth-order valence-corrected chi connectivity index (χ4v) is 3.29. The van der Waals surface area contributed by atoms with Crippen LogP contribution in [0.1, 0.15) is 31.3 Å². The third kappa shape index (κ3) is 3.19. The number of thiazole rings is 1. The normalized spacial score (nSPS) is 11.5. The molecule has 1 aromatic carbocycles. The second kappa shape index (κ2) is 6.03. The van der Waals surface area contributed by atoms with E-state index in [4.69, 9.17) is 14.5 Å². The predicted octanol–water partition coefficient (Wildman–Crippen LogP) is 3.62. The van der Waals surface area contributed by atoms with Crippen molar-refractivity contribution in [3.05, 3.63) is 28.8 Å². The van der Waals surface area contributed by atoms with E-state index in [9.17, 15) is 5.11 Å². The Morgan fingerprint density at radius 1 is 1.19 bits per heavy atom. The van der Waals surface area contributed by atoms with Gasteiger partial charge in [0.05, 0.1) is 37.0 Å². The van der Waals surface area contributed by atoms with Gasteiger partial charge in [0.2, 0.25) is 0 Å². The van der Waals surface area contributed by atoms with Crippen LogP contribution in [0.4, 0.5) is 0 Å². The molecule has 2 rings (SSSR count). The van der Waals surface area contributed by atoms with Gasteiger partial charge in [0.1, 0.15) is 16.5 Å². The highest BCUT2D eigenvalue weighted by Crippen LogP contribution is 2.39. The van der Waals surface area contributed by atoms with Gasteiger partial charge in [-0.25, -0.2) is 4.98 Å². The van der Waals surface area contributed by atoms with Crippen LogP contribution < -0.4 is 9.47 Å². The highest BCUT2D eigenvalue weighted by atomic mass is 32.1. The second-order valence-electron chi connectivity index (χ2n) is 5.77. The SMILES string of the molecule is COc1ccc(OC)c(-c2nc(C(C)(C)C)c(CO)s2)c1. The molecule has 0 saturated carbocycles. The molecule has 1 N–H and O–H groups in total. The lowest BCUT2D eigenvalue weighted by atomic mass is 9.91. The largest absolute Gasteiger partial charge is 0.497 e. The van der Waals surface area contributed by atoms with Crippen molar-refractivity contribution >= 4 is 11.3 Å². The van der Waals surface area contributed by atoms with Gasteiger partial charge in [-0.1, -0.05) is 20.8 Å². The van der Waals surface area contributed by atoms with Gasteiger partial charge in [0, 0.05) is 5.41 Å². The number of ether oxygens (including phenoxy) is 2. The molecule has 0 unspecified atom stereocenters. The molecule has 1 aromatic heterocycles. The fraction of sp³-hybridized carbons (Fsp3) is 0.438. The molecule has 0 atom stereocenters. The summed E-state index contributed by atoms with van der Waals surface area (Å²) < 4.78 is 10.7. The average Bonchev–Trinajstić information content (AvgIpc) is 2.90. The van der Waals surface area contributed by atoms with Crippen molar-refractivity contribution in [1.29, 1.82) is 0 Å². The summed E-state index contributed by atoms with van der Waals surface area (Å²) in [6, 6.07) is 5.63. The molecular weight excluding hydrogens is 286 g/mol. The van der Waals surface area contributed by atoms with Crippen LogP contribution in [0.15, 0.2) is 18.2 Å². The second-order valence-corrected chi connectivity index (χ2v) is 6.85. The lowest BCUT2D eigenvalue weighted by molar-refractivity contribution is 0.282. The van der Waals surface area contributed by atoms with Crippen molar-refractivity contribution in [3.8, 4) is 22.1 Å². The summed E-state index contributed by atoms with van der Waals surface area (Å²) in [4.78, 5) is 5.62. The molecule has 1 heterocycles. The third-order valence-electron chi connectivity index (χ3n) is 3.19. The van der Waals surface area contributed by atoms with Crippen molar-refractivity contribution in [2.45, 2.75) is 32.8 Å². The highest BCUT2D eigenvalue weighted by molar-refractivity contribution is 7.15. The Morgan fingerprint density at radius 2 is 1.90 bits per heavy atom. The summed E-state index contributed by atoms with van der Waals surface area (Å²) in [5, 5.41) is 10.4. The number of aliphatic hydroxyl groups excluding tert-OH is 1. The van der Waals surface area contributed by atoms with E-state index in [0.29, 0.717) is 0 Å². The molecule has 21 heavy (non-hydrogen) atoms. The Kier molecular flexibility index (Phi) is 4.54. The van der Waals surface area contributed by atoms with Gasteiger partial charge >= 0.3 is 0 Å². The zero-order chi connectivity index (χ0) is 15.6. The van der Waals surface area contributed by atoms with Gasteiger partial charge < -0.3 is 14.6 Å². The molecule has 0 spiro atoms. The summed E-state index contributed by atoms with van der Waals surface area (Å²) in [6.45, 7) is 6.27. The summed E-state index contributed by atoms with van der Waals surface area (Å²) in [7, 11) is 3.27. The molecule has 5 heteroatoms. The van der Waals surface area contributed by atoms with E-state index in [1.54, 1.807) is 14.2 Å². The first-order valence-corrected chi connectivity index (χ1v) is 7.55. The molecule has 0 aliphatic rings. The van der Waals surface area contributed by atoms with Gasteiger partial charge in [-0.2, -0.15) is 0 Å². The van der Waals surface area contributed by atoms with Crippen molar-refractivity contribution in [3.63, 3.8) is 0 Å². The monoisotopic (exact) mass is 307 g/mol. The van der Waals surface area contributed by atoms with E-state index >= 15 is 0 Å². The molecule has 0 saturated heterocycles. The average molecular weight is 307 g/mol. The predicted molar refractivity (Wildman–Crippen MR) is 85.3 cm³/mol. The molecule has 0 fully saturated rings. The van der Waals surface area contributed by atoms with Crippen molar-refractivity contribution < 1.29 is 14.6 Å². The number of aliphatic hydroxyl groups is 1. The van der Waals surface area contributed by atoms with Gasteiger partial charge in [0.25, 0.3) is 0 Å². The van der Waals surface area contributed by atoms with Crippen molar-refractivity contribution in [2.24, 2.45) is 0 Å². The minimum Gasteiger partial charge on any atom is -0.497 e. The first-order chi connectivity index (χ1) is 9.90. The van der Waals surface area contributed by atoms with Crippen LogP contribution in [0.2, 0.25) is 0 Å². The molecule has 0 radical (unpaired) electrons. The van der Waals surface area contributed by atoms with Gasteiger partial charge in [-0.05, 0) is 18.2 Å². The quantitative estimate of drug-likeness (QED) is 0.937. The lowest BCUT2D eigenvalue weighted by Crippen LogP contribution is -2.14. The van der Waals surface area contributed by atoms with E-state index in [-0.39, 0.29) is 12.0 Å². The van der Waals surface area contributed by atoms with Crippen LogP contribution in [-0.4, -0.2) is 24.3 Å². The van der Waals surface area contributed by atoms with Crippen LogP contribution >= 0.6 is 11.3 Å². The van der Waals surface area contributed by atoms with E-state index < -0.39 is 0 Å². The Bertz CT molecular complexity index is 629. The van der Waals surface area contributed by atoms with Crippen LogP contribution in [0.5, 0.6) is 11.5 Å². The van der Waals surface area contributed by atoms with Crippen molar-refractivity contribution in [2.75, 3.05) is 14.2 Å². The molecule has 0 amide bonds. The third-order valence-corrected chi connectivity index (χ3v) is 4.26. The maximum atomic E-state index is 9.58. The van der Waals surface area contributed by atoms with Crippen LogP contribution in [-0.2, 0) is 12.0 Å². The van der Waals surface area contributed by atoms with Crippen LogP contribution in [0.25, 0.3) is 10.6 Å². The maximum absolute atomic E-state index is 9.58. The Hall–Kier alpha value is -1.59. The molecule has 0 bridgehead atoms. The summed E-state index contributed by atoms with van der Waals surface area (Å²) in [5.74, 6) is 1.50. The zero-order valence-corrected chi connectivity index (χ0v) is 13.9. The van der Waals surface area contributed by atoms with Crippen LogP contribution in [0, 0.1) is 0 Å². The van der Waals surface area contributed by atoms with Crippen LogP contribution in [0.3, 0.4) is 0 Å².